The van der Waals surface area contributed by atoms with Crippen molar-refractivity contribution >= 4 is 29.3 Å². The largest absolute Gasteiger partial charge is 0.481 e. The summed E-state index contributed by atoms with van der Waals surface area (Å²) in [6, 6.07) is 3.32. The van der Waals surface area contributed by atoms with Crippen LogP contribution in [0, 0.1) is 11.7 Å². The van der Waals surface area contributed by atoms with Crippen LogP contribution in [-0.4, -0.2) is 35.1 Å². The van der Waals surface area contributed by atoms with Crippen LogP contribution in [0.1, 0.15) is 12.8 Å². The van der Waals surface area contributed by atoms with E-state index in [2.05, 4.69) is 5.32 Å². The lowest BCUT2D eigenvalue weighted by Crippen LogP contribution is -2.33. The van der Waals surface area contributed by atoms with Gasteiger partial charge in [-0.2, -0.15) is 0 Å². The maximum atomic E-state index is 13.1. The minimum Gasteiger partial charge on any atom is -0.481 e. The minimum atomic E-state index is -0.870. The van der Waals surface area contributed by atoms with Crippen molar-refractivity contribution in [3.05, 3.63) is 29.0 Å². The van der Waals surface area contributed by atoms with Gasteiger partial charge < -0.3 is 15.3 Å². The van der Waals surface area contributed by atoms with Crippen molar-refractivity contribution in [3.63, 3.8) is 0 Å². The van der Waals surface area contributed by atoms with Gasteiger partial charge in [-0.05, 0) is 30.5 Å². The maximum Gasteiger partial charge on any atom is 0.321 e. The van der Waals surface area contributed by atoms with Gasteiger partial charge in [0.1, 0.15) is 5.82 Å². The summed E-state index contributed by atoms with van der Waals surface area (Å²) in [7, 11) is 0. The van der Waals surface area contributed by atoms with E-state index in [4.69, 9.17) is 16.7 Å². The van der Waals surface area contributed by atoms with Crippen molar-refractivity contribution in [3.8, 4) is 0 Å². The monoisotopic (exact) mass is 300 g/mol. The number of nitrogens with zero attached hydrogens (tertiary/aromatic N) is 1. The number of hydrogen-bond donors (Lipinski definition) is 2. The average Bonchev–Trinajstić information content (AvgIpc) is 2.81. The predicted octanol–water partition coefficient (Wildman–Crippen LogP) is 2.81. The molecule has 7 heteroatoms. The molecule has 0 saturated carbocycles. The zero-order valence-corrected chi connectivity index (χ0v) is 11.4. The zero-order chi connectivity index (χ0) is 14.7. The molecule has 2 amide bonds. The Balaban J connectivity index is 1.96. The van der Waals surface area contributed by atoms with E-state index in [1.807, 2.05) is 0 Å². The third-order valence-electron chi connectivity index (χ3n) is 3.21. The Hall–Kier alpha value is -1.82. The van der Waals surface area contributed by atoms with Crippen LogP contribution in [0.5, 0.6) is 0 Å². The van der Waals surface area contributed by atoms with E-state index in [-0.39, 0.29) is 23.0 Å². The second kappa shape index (κ2) is 6.09. The van der Waals surface area contributed by atoms with Gasteiger partial charge in [0.05, 0.1) is 10.7 Å². The predicted molar refractivity (Wildman–Crippen MR) is 72.4 cm³/mol. The molecule has 108 valence electrons. The Kier molecular flexibility index (Phi) is 4.44. The van der Waals surface area contributed by atoms with Crippen molar-refractivity contribution in [2.75, 3.05) is 18.4 Å². The van der Waals surface area contributed by atoms with Gasteiger partial charge in [-0.1, -0.05) is 11.6 Å². The normalized spacial score (nSPS) is 18.1. The lowest BCUT2D eigenvalue weighted by Gasteiger charge is -2.17. The summed E-state index contributed by atoms with van der Waals surface area (Å²) in [6.45, 7) is 0.863. The van der Waals surface area contributed by atoms with E-state index in [1.165, 1.54) is 17.0 Å². The first-order valence-corrected chi connectivity index (χ1v) is 6.56. The number of benzene rings is 1. The van der Waals surface area contributed by atoms with E-state index in [9.17, 15) is 14.0 Å². The fourth-order valence-electron chi connectivity index (χ4n) is 2.22. The standard InChI is InChI=1S/C13H14ClFN2O3/c14-10-2-1-9(15)6-11(10)16-13(20)17-4-3-8(7-17)5-12(18)19/h1-2,6,8H,3-5,7H2,(H,16,20)(H,18,19). The molecular formula is C13H14ClFN2O3. The summed E-state index contributed by atoms with van der Waals surface area (Å²) in [5.41, 5.74) is 0.207. The van der Waals surface area contributed by atoms with Gasteiger partial charge in [-0.3, -0.25) is 4.79 Å². The highest BCUT2D eigenvalue weighted by atomic mass is 35.5. The van der Waals surface area contributed by atoms with E-state index in [1.54, 1.807) is 0 Å². The molecule has 1 unspecified atom stereocenters. The Morgan fingerprint density at radius 1 is 1.50 bits per heavy atom. The molecule has 1 saturated heterocycles. The number of hydrogen-bond acceptors (Lipinski definition) is 2. The Labute approximate surface area is 120 Å². The number of aliphatic carboxylic acids is 1. The summed E-state index contributed by atoms with van der Waals surface area (Å²) >= 11 is 5.87. The first-order chi connectivity index (χ1) is 9.45. The average molecular weight is 301 g/mol. The third kappa shape index (κ3) is 3.60. The quantitative estimate of drug-likeness (QED) is 0.902. The highest BCUT2D eigenvalue weighted by Crippen LogP contribution is 2.24. The molecule has 0 aliphatic carbocycles. The summed E-state index contributed by atoms with van der Waals surface area (Å²) < 4.78 is 13.1. The molecule has 1 aliphatic heterocycles. The molecular weight excluding hydrogens is 287 g/mol. The zero-order valence-electron chi connectivity index (χ0n) is 10.6. The van der Waals surface area contributed by atoms with Crippen LogP contribution in [0.4, 0.5) is 14.9 Å². The van der Waals surface area contributed by atoms with Crippen LogP contribution in [-0.2, 0) is 4.79 Å². The van der Waals surface area contributed by atoms with Gasteiger partial charge in [0.15, 0.2) is 0 Å². The van der Waals surface area contributed by atoms with Crippen LogP contribution in [0.3, 0.4) is 0 Å². The van der Waals surface area contributed by atoms with Crippen molar-refractivity contribution in [2.24, 2.45) is 5.92 Å². The SMILES string of the molecule is O=C(O)CC1CCN(C(=O)Nc2cc(F)ccc2Cl)C1. The number of likely N-dealkylation sites (tertiary alicyclic amines) is 1. The number of rotatable bonds is 3. The molecule has 2 rings (SSSR count). The molecule has 0 bridgehead atoms. The van der Waals surface area contributed by atoms with Crippen LogP contribution in [0.25, 0.3) is 0 Å². The van der Waals surface area contributed by atoms with Crippen LogP contribution in [0.15, 0.2) is 18.2 Å². The second-order valence-corrected chi connectivity index (χ2v) is 5.16. The fraction of sp³-hybridized carbons (Fsp3) is 0.385. The van der Waals surface area contributed by atoms with E-state index in [0.717, 1.165) is 6.07 Å². The van der Waals surface area contributed by atoms with Crippen LogP contribution < -0.4 is 5.32 Å². The minimum absolute atomic E-state index is 0.0405. The van der Waals surface area contributed by atoms with Gasteiger partial charge in [-0.25, -0.2) is 9.18 Å². The Bertz CT molecular complexity index is 538. The number of anilines is 1. The van der Waals surface area contributed by atoms with Crippen LogP contribution in [0.2, 0.25) is 5.02 Å². The van der Waals surface area contributed by atoms with Gasteiger partial charge in [-0.15, -0.1) is 0 Å². The van der Waals surface area contributed by atoms with Crippen molar-refractivity contribution in [1.82, 2.24) is 4.90 Å². The number of halogens is 2. The topological polar surface area (TPSA) is 69.6 Å². The van der Waals surface area contributed by atoms with E-state index < -0.39 is 17.8 Å². The van der Waals surface area contributed by atoms with E-state index >= 15 is 0 Å². The third-order valence-corrected chi connectivity index (χ3v) is 3.54. The van der Waals surface area contributed by atoms with Gasteiger partial charge in [0, 0.05) is 19.5 Å². The van der Waals surface area contributed by atoms with Gasteiger partial charge in [0.25, 0.3) is 0 Å². The number of urea groups is 1. The Morgan fingerprint density at radius 3 is 2.95 bits per heavy atom. The smallest absolute Gasteiger partial charge is 0.321 e. The molecule has 1 heterocycles. The summed E-state index contributed by atoms with van der Waals surface area (Å²) in [5.74, 6) is -1.40. The van der Waals surface area contributed by atoms with Gasteiger partial charge >= 0.3 is 12.0 Å². The number of carbonyl (C=O) groups excluding carboxylic acids is 1. The number of carbonyl (C=O) groups is 2. The summed E-state index contributed by atoms with van der Waals surface area (Å²) in [6.07, 6.45) is 0.696. The maximum absolute atomic E-state index is 13.1. The second-order valence-electron chi connectivity index (χ2n) is 4.75. The van der Waals surface area contributed by atoms with Crippen molar-refractivity contribution in [2.45, 2.75) is 12.8 Å². The number of amides is 2. The van der Waals surface area contributed by atoms with Crippen molar-refractivity contribution < 1.29 is 19.1 Å². The lowest BCUT2D eigenvalue weighted by molar-refractivity contribution is -0.138. The molecule has 1 aromatic rings. The molecule has 1 aromatic carbocycles. The highest BCUT2D eigenvalue weighted by molar-refractivity contribution is 6.33. The summed E-state index contributed by atoms with van der Waals surface area (Å²) in [5, 5.41) is 11.5. The lowest BCUT2D eigenvalue weighted by atomic mass is 10.1. The number of carboxylic acids is 1. The molecule has 5 nitrogen and oxygen atoms in total. The first-order valence-electron chi connectivity index (χ1n) is 6.18. The Morgan fingerprint density at radius 2 is 2.25 bits per heavy atom. The van der Waals surface area contributed by atoms with Crippen molar-refractivity contribution in [1.29, 1.82) is 0 Å². The number of carboxylic acid groups (broad SMARTS) is 1. The fourth-order valence-corrected chi connectivity index (χ4v) is 2.38. The molecule has 1 fully saturated rings. The first kappa shape index (κ1) is 14.6. The molecule has 1 atom stereocenters. The van der Waals surface area contributed by atoms with Crippen LogP contribution >= 0.6 is 11.6 Å². The highest BCUT2D eigenvalue weighted by Gasteiger charge is 2.28. The molecule has 0 aromatic heterocycles. The molecule has 0 radical (unpaired) electrons. The summed E-state index contributed by atoms with van der Waals surface area (Å²) in [4.78, 5) is 24.1. The molecule has 0 spiro atoms. The van der Waals surface area contributed by atoms with Gasteiger partial charge in [0.2, 0.25) is 0 Å². The molecule has 20 heavy (non-hydrogen) atoms. The molecule has 1 aliphatic rings. The van der Waals surface area contributed by atoms with E-state index in [0.29, 0.717) is 19.5 Å². The number of nitrogens with one attached hydrogen (secondary N) is 1. The molecule has 2 N–H and O–H groups in total.